The Morgan fingerprint density at radius 1 is 0.685 bits per heavy atom. The zero-order valence-corrected chi connectivity index (χ0v) is 29.5. The van der Waals surface area contributed by atoms with Gasteiger partial charge in [-0.05, 0) is 66.5 Å². The summed E-state index contributed by atoms with van der Waals surface area (Å²) in [5.74, 6) is 1.62. The molecule has 0 radical (unpaired) electrons. The Hall–Kier alpha value is -7.77. The van der Waals surface area contributed by atoms with Crippen LogP contribution in [0.1, 0.15) is 39.5 Å². The number of aryl methyl sites for hydroxylation is 2. The van der Waals surface area contributed by atoms with Crippen LogP contribution in [0.25, 0.3) is 11.4 Å². The van der Waals surface area contributed by atoms with E-state index in [1.165, 1.54) is 5.56 Å². The lowest BCUT2D eigenvalue weighted by Gasteiger charge is -2.08. The fourth-order valence-corrected chi connectivity index (χ4v) is 5.67. The minimum atomic E-state index is 0.357. The third-order valence-electron chi connectivity index (χ3n) is 8.24. The highest BCUT2D eigenvalue weighted by atomic mass is 16.5. The average molecular weight is 711 g/mol. The van der Waals surface area contributed by atoms with Gasteiger partial charge in [0.15, 0.2) is 5.82 Å². The summed E-state index contributed by atoms with van der Waals surface area (Å²) < 4.78 is 10.8. The van der Waals surface area contributed by atoms with Crippen LogP contribution in [0.15, 0.2) is 139 Å². The van der Waals surface area contributed by atoms with Gasteiger partial charge in [0.25, 0.3) is 5.95 Å². The highest BCUT2D eigenvalue weighted by Gasteiger charge is 2.11. The van der Waals surface area contributed by atoms with E-state index >= 15 is 0 Å². The third kappa shape index (κ3) is 8.57. The van der Waals surface area contributed by atoms with Gasteiger partial charge in [-0.25, -0.2) is 9.97 Å². The van der Waals surface area contributed by atoms with E-state index in [0.717, 1.165) is 39.8 Å². The molecule has 4 heterocycles. The predicted molar refractivity (Wildman–Crippen MR) is 204 cm³/mol. The van der Waals surface area contributed by atoms with E-state index in [1.54, 1.807) is 18.7 Å². The maximum absolute atomic E-state index is 9.51. The van der Waals surface area contributed by atoms with Crippen molar-refractivity contribution in [3.05, 3.63) is 174 Å². The first-order valence-corrected chi connectivity index (χ1v) is 17.0. The summed E-state index contributed by atoms with van der Waals surface area (Å²) in [5.41, 5.74) is 8.27. The van der Waals surface area contributed by atoms with E-state index in [4.69, 9.17) is 4.52 Å². The Labute approximate surface area is 311 Å². The summed E-state index contributed by atoms with van der Waals surface area (Å²) >= 11 is 0. The molecule has 0 atom stereocenters. The van der Waals surface area contributed by atoms with Crippen molar-refractivity contribution in [2.24, 2.45) is 0 Å². The highest BCUT2D eigenvalue weighted by Crippen LogP contribution is 2.24. The number of nitriles is 2. The zero-order chi connectivity index (χ0) is 37.3. The van der Waals surface area contributed by atoms with E-state index in [-0.39, 0.29) is 0 Å². The molecule has 0 bridgehead atoms. The van der Waals surface area contributed by atoms with E-state index in [1.807, 2.05) is 131 Å². The molecule has 0 fully saturated rings. The van der Waals surface area contributed by atoms with Crippen molar-refractivity contribution in [1.82, 2.24) is 39.0 Å². The Morgan fingerprint density at radius 2 is 1.26 bits per heavy atom. The lowest BCUT2D eigenvalue weighted by atomic mass is 10.1. The lowest BCUT2D eigenvalue weighted by molar-refractivity contribution is 0.386. The predicted octanol–water partition coefficient (Wildman–Crippen LogP) is 7.81. The lowest BCUT2D eigenvalue weighted by Crippen LogP contribution is -2.01. The molecule has 0 spiro atoms. The van der Waals surface area contributed by atoms with Gasteiger partial charge >= 0.3 is 0 Å². The highest BCUT2D eigenvalue weighted by molar-refractivity contribution is 5.64. The van der Waals surface area contributed by atoms with E-state index in [2.05, 4.69) is 60.1 Å². The van der Waals surface area contributed by atoms with Crippen LogP contribution in [-0.2, 0) is 13.0 Å². The van der Waals surface area contributed by atoms with Crippen molar-refractivity contribution in [1.29, 1.82) is 10.5 Å². The molecular formula is C41H34N12O. The van der Waals surface area contributed by atoms with Crippen LogP contribution in [0.4, 0.5) is 23.1 Å². The minimum absolute atomic E-state index is 0.357. The maximum atomic E-state index is 9.51. The van der Waals surface area contributed by atoms with Crippen LogP contribution < -0.4 is 10.6 Å². The van der Waals surface area contributed by atoms with Crippen LogP contribution in [0.3, 0.4) is 0 Å². The Bertz CT molecular complexity index is 2390. The standard InChI is InChI=1S/C21H18N6.C20H16N6O/c1-16-13-26(15-23-16)20-8-7-19(11-18(20)12-22)24-21-9-10-27(25-21)14-17-5-3-2-4-6-17;1-14-12-26(13-22-14)18-8-7-17(10-16(18)11-21)23-20-24-19(27-25-20)9-15-5-3-2-4-6-15/h2-11,13,15H,14H2,1H3,(H,24,25);2-8,10,12-13H,9H2,1H3,(H,23,25). The molecule has 0 unspecified atom stereocenters. The van der Waals surface area contributed by atoms with Crippen molar-refractivity contribution in [3.63, 3.8) is 0 Å². The van der Waals surface area contributed by atoms with E-state index in [9.17, 15) is 10.5 Å². The van der Waals surface area contributed by atoms with Gasteiger partial charge in [0.05, 0.1) is 59.5 Å². The summed E-state index contributed by atoms with van der Waals surface area (Å²) in [6, 6.07) is 37.6. The Kier molecular flexibility index (Phi) is 10.3. The molecule has 0 saturated carbocycles. The van der Waals surface area contributed by atoms with Crippen LogP contribution in [0.5, 0.6) is 0 Å². The number of anilines is 4. The second-order valence-electron chi connectivity index (χ2n) is 12.3. The number of hydrogen-bond donors (Lipinski definition) is 2. The molecule has 4 aromatic heterocycles. The molecule has 264 valence electrons. The number of nitrogens with one attached hydrogen (secondary N) is 2. The third-order valence-corrected chi connectivity index (χ3v) is 8.24. The zero-order valence-electron chi connectivity index (χ0n) is 29.5. The first-order chi connectivity index (χ1) is 26.4. The van der Waals surface area contributed by atoms with E-state index < -0.39 is 0 Å². The molecule has 13 heteroatoms. The molecule has 54 heavy (non-hydrogen) atoms. The quantitative estimate of drug-likeness (QED) is 0.143. The number of hydrogen-bond acceptors (Lipinski definition) is 10. The van der Waals surface area contributed by atoms with E-state index in [0.29, 0.717) is 41.6 Å². The first-order valence-electron chi connectivity index (χ1n) is 17.0. The molecule has 0 saturated heterocycles. The number of aromatic nitrogens is 8. The van der Waals surface area contributed by atoms with Gasteiger partial charge in [-0.15, -0.1) is 0 Å². The van der Waals surface area contributed by atoms with Gasteiger partial charge in [-0.1, -0.05) is 60.7 Å². The average Bonchev–Trinajstić information content (AvgIpc) is 4.03. The largest absolute Gasteiger partial charge is 0.339 e. The molecular weight excluding hydrogens is 677 g/mol. The number of nitrogens with zero attached hydrogens (tertiary/aromatic N) is 10. The normalized spacial score (nSPS) is 10.5. The van der Waals surface area contributed by atoms with Crippen molar-refractivity contribution in [2.75, 3.05) is 10.6 Å². The SMILES string of the molecule is Cc1cn(-c2ccc(Nc3ccn(Cc4ccccc4)n3)cc2C#N)cn1.Cc1cn(-c2ccc(Nc3noc(Cc4ccccc4)n3)cc2C#N)cn1. The van der Waals surface area contributed by atoms with Crippen LogP contribution in [-0.4, -0.2) is 39.0 Å². The Balaban J connectivity index is 0.000000167. The number of rotatable bonds is 10. The molecule has 0 aliphatic carbocycles. The van der Waals surface area contributed by atoms with Crippen LogP contribution in [0.2, 0.25) is 0 Å². The summed E-state index contributed by atoms with van der Waals surface area (Å²) in [4.78, 5) is 12.8. The summed E-state index contributed by atoms with van der Waals surface area (Å²) in [6.45, 7) is 4.54. The molecule has 4 aromatic carbocycles. The van der Waals surface area contributed by atoms with Crippen molar-refractivity contribution < 1.29 is 4.52 Å². The molecule has 0 aliphatic rings. The van der Waals surface area contributed by atoms with Gasteiger partial charge in [0, 0.05) is 36.0 Å². The number of imidazole rings is 2. The molecule has 0 aliphatic heterocycles. The molecule has 0 amide bonds. The molecule has 8 aromatic rings. The monoisotopic (exact) mass is 710 g/mol. The van der Waals surface area contributed by atoms with Crippen LogP contribution >= 0.6 is 0 Å². The summed E-state index contributed by atoms with van der Waals surface area (Å²) in [5, 5.41) is 33.8. The van der Waals surface area contributed by atoms with Crippen molar-refractivity contribution in [2.45, 2.75) is 26.8 Å². The summed E-state index contributed by atoms with van der Waals surface area (Å²) in [6.07, 6.45) is 9.67. The second-order valence-corrected chi connectivity index (χ2v) is 12.3. The van der Waals surface area contributed by atoms with Gasteiger partial charge in [-0.3, -0.25) is 4.68 Å². The van der Waals surface area contributed by atoms with Crippen molar-refractivity contribution in [3.8, 4) is 23.5 Å². The fraction of sp³-hybridized carbons (Fsp3) is 0.0976. The Morgan fingerprint density at radius 3 is 1.81 bits per heavy atom. The van der Waals surface area contributed by atoms with Gasteiger partial charge in [0.2, 0.25) is 5.89 Å². The molecule has 8 rings (SSSR count). The first kappa shape index (κ1) is 34.7. The smallest absolute Gasteiger partial charge is 0.267 e. The molecule has 2 N–H and O–H groups in total. The van der Waals surface area contributed by atoms with Gasteiger partial charge in [0.1, 0.15) is 12.1 Å². The van der Waals surface area contributed by atoms with Gasteiger partial charge in [-0.2, -0.15) is 20.6 Å². The van der Waals surface area contributed by atoms with Gasteiger partial charge < -0.3 is 24.3 Å². The summed E-state index contributed by atoms with van der Waals surface area (Å²) in [7, 11) is 0. The van der Waals surface area contributed by atoms with Crippen molar-refractivity contribution >= 4 is 23.1 Å². The number of benzene rings is 4. The second kappa shape index (κ2) is 16.1. The maximum Gasteiger partial charge on any atom is 0.267 e. The fourth-order valence-electron chi connectivity index (χ4n) is 5.67. The topological polar surface area (TPSA) is 164 Å². The minimum Gasteiger partial charge on any atom is -0.339 e. The molecule has 13 nitrogen and oxygen atoms in total. The van der Waals surface area contributed by atoms with Crippen LogP contribution in [0, 0.1) is 36.5 Å².